The third-order valence-electron chi connectivity index (χ3n) is 3.92. The number of anilines is 1. The van der Waals surface area contributed by atoms with Crippen LogP contribution < -0.4 is 10.5 Å². The molecule has 2 heterocycles. The Balaban J connectivity index is 1.73. The smallest absolute Gasteiger partial charge is 0.213 e. The zero-order chi connectivity index (χ0) is 17.3. The predicted molar refractivity (Wildman–Crippen MR) is 91.4 cm³/mol. The zero-order valence-electron chi connectivity index (χ0n) is 12.7. The molecule has 24 heavy (non-hydrogen) atoms. The predicted octanol–water partition coefficient (Wildman–Crippen LogP) is 3.08. The van der Waals surface area contributed by atoms with Crippen LogP contribution in [0.15, 0.2) is 30.5 Å². The number of rotatable bonds is 3. The van der Waals surface area contributed by atoms with E-state index in [9.17, 15) is 12.8 Å². The average Bonchev–Trinajstić information content (AvgIpc) is 2.54. The van der Waals surface area contributed by atoms with Crippen molar-refractivity contribution in [3.8, 4) is 17.0 Å². The maximum absolute atomic E-state index is 13.6. The van der Waals surface area contributed by atoms with E-state index in [4.69, 9.17) is 22.1 Å². The fourth-order valence-electron chi connectivity index (χ4n) is 2.55. The van der Waals surface area contributed by atoms with Gasteiger partial charge in [-0.2, -0.15) is 0 Å². The molecule has 0 amide bonds. The summed E-state index contributed by atoms with van der Waals surface area (Å²) in [5.41, 5.74) is 6.60. The Labute approximate surface area is 144 Å². The molecule has 128 valence electrons. The first-order valence-corrected chi connectivity index (χ1v) is 9.62. The van der Waals surface area contributed by atoms with Crippen molar-refractivity contribution in [1.29, 1.82) is 0 Å². The standard InChI is InChI=1S/C16H16ClFN2O3S/c17-13-8-15(19)14(18)7-12(13)10-1-2-16(20-9-10)23-11-3-5-24(21,22)6-4-11/h1-2,7-9,11H,3-6,19H2. The van der Waals surface area contributed by atoms with E-state index in [1.165, 1.54) is 18.3 Å². The van der Waals surface area contributed by atoms with Crippen LogP contribution in [-0.4, -0.2) is 31.0 Å². The fraction of sp³-hybridized carbons (Fsp3) is 0.312. The van der Waals surface area contributed by atoms with Gasteiger partial charge in [-0.05, 0) is 31.0 Å². The highest BCUT2D eigenvalue weighted by atomic mass is 35.5. The number of benzene rings is 1. The number of pyridine rings is 1. The van der Waals surface area contributed by atoms with Gasteiger partial charge in [0.05, 0.1) is 22.2 Å². The van der Waals surface area contributed by atoms with E-state index in [1.807, 2.05) is 0 Å². The Morgan fingerprint density at radius 2 is 1.96 bits per heavy atom. The highest BCUT2D eigenvalue weighted by Crippen LogP contribution is 2.31. The molecule has 2 aromatic rings. The second-order valence-corrected chi connectivity index (χ2v) is 8.42. The molecule has 5 nitrogen and oxygen atoms in total. The lowest BCUT2D eigenvalue weighted by Gasteiger charge is -2.22. The molecule has 0 spiro atoms. The van der Waals surface area contributed by atoms with E-state index < -0.39 is 15.7 Å². The van der Waals surface area contributed by atoms with Crippen LogP contribution in [0.1, 0.15) is 12.8 Å². The number of aromatic nitrogens is 1. The molecule has 0 atom stereocenters. The van der Waals surface area contributed by atoms with Crippen molar-refractivity contribution in [3.63, 3.8) is 0 Å². The molecular formula is C16H16ClFN2O3S. The quantitative estimate of drug-likeness (QED) is 0.839. The van der Waals surface area contributed by atoms with Gasteiger partial charge in [-0.15, -0.1) is 0 Å². The largest absolute Gasteiger partial charge is 0.474 e. The Morgan fingerprint density at radius 1 is 1.25 bits per heavy atom. The Hall–Kier alpha value is -1.86. The molecule has 0 radical (unpaired) electrons. The van der Waals surface area contributed by atoms with Gasteiger partial charge in [0.15, 0.2) is 9.84 Å². The van der Waals surface area contributed by atoms with Crippen molar-refractivity contribution in [2.45, 2.75) is 18.9 Å². The monoisotopic (exact) mass is 370 g/mol. The minimum Gasteiger partial charge on any atom is -0.474 e. The number of hydrogen-bond acceptors (Lipinski definition) is 5. The van der Waals surface area contributed by atoms with Gasteiger partial charge >= 0.3 is 0 Å². The van der Waals surface area contributed by atoms with Gasteiger partial charge in [0.2, 0.25) is 5.88 Å². The number of hydrogen-bond donors (Lipinski definition) is 1. The molecular weight excluding hydrogens is 355 g/mol. The molecule has 1 saturated heterocycles. The molecule has 1 aliphatic heterocycles. The van der Waals surface area contributed by atoms with Crippen molar-refractivity contribution >= 4 is 27.1 Å². The number of nitrogens with two attached hydrogens (primary N) is 1. The van der Waals surface area contributed by atoms with Gasteiger partial charge in [0.1, 0.15) is 11.9 Å². The first kappa shape index (κ1) is 17.0. The second-order valence-electron chi connectivity index (χ2n) is 5.71. The van der Waals surface area contributed by atoms with Crippen LogP contribution in [0.3, 0.4) is 0 Å². The summed E-state index contributed by atoms with van der Waals surface area (Å²) in [6, 6.07) is 6.00. The normalized spacial score (nSPS) is 17.6. The first-order chi connectivity index (χ1) is 11.3. The maximum Gasteiger partial charge on any atom is 0.213 e. The highest BCUT2D eigenvalue weighted by Gasteiger charge is 2.25. The minimum absolute atomic E-state index is 0.0103. The summed E-state index contributed by atoms with van der Waals surface area (Å²) in [6.45, 7) is 0. The molecule has 0 saturated carbocycles. The van der Waals surface area contributed by atoms with Crippen LogP contribution in [0.4, 0.5) is 10.1 Å². The molecule has 1 aliphatic rings. The number of nitrogens with zero attached hydrogens (tertiary/aromatic N) is 1. The fourth-order valence-corrected chi connectivity index (χ4v) is 4.28. The lowest BCUT2D eigenvalue weighted by atomic mass is 10.1. The minimum atomic E-state index is -2.92. The number of nitrogen functional groups attached to an aromatic ring is 1. The molecule has 1 aromatic carbocycles. The number of halogens is 2. The van der Waals surface area contributed by atoms with Crippen molar-refractivity contribution in [1.82, 2.24) is 4.98 Å². The third kappa shape index (κ3) is 3.79. The summed E-state index contributed by atoms with van der Waals surface area (Å²) in [6.07, 6.45) is 2.29. The van der Waals surface area contributed by atoms with E-state index in [1.54, 1.807) is 12.1 Å². The van der Waals surface area contributed by atoms with Gasteiger partial charge in [-0.1, -0.05) is 11.6 Å². The van der Waals surface area contributed by atoms with Crippen LogP contribution in [0, 0.1) is 5.82 Å². The highest BCUT2D eigenvalue weighted by molar-refractivity contribution is 7.91. The van der Waals surface area contributed by atoms with Gasteiger partial charge in [0.25, 0.3) is 0 Å². The van der Waals surface area contributed by atoms with Crippen molar-refractivity contribution < 1.29 is 17.5 Å². The van der Waals surface area contributed by atoms with Crippen molar-refractivity contribution in [2.24, 2.45) is 0 Å². The van der Waals surface area contributed by atoms with Gasteiger partial charge in [-0.3, -0.25) is 0 Å². The SMILES string of the molecule is Nc1cc(Cl)c(-c2ccc(OC3CCS(=O)(=O)CC3)nc2)cc1F. The van der Waals surface area contributed by atoms with Crippen LogP contribution in [0.25, 0.3) is 11.1 Å². The Kier molecular flexibility index (Phi) is 4.64. The summed E-state index contributed by atoms with van der Waals surface area (Å²) in [5, 5.41) is 0.335. The summed E-state index contributed by atoms with van der Waals surface area (Å²) < 4.78 is 42.1. The lowest BCUT2D eigenvalue weighted by molar-refractivity contribution is 0.182. The van der Waals surface area contributed by atoms with Crippen molar-refractivity contribution in [2.75, 3.05) is 17.2 Å². The zero-order valence-corrected chi connectivity index (χ0v) is 14.3. The van der Waals surface area contributed by atoms with Crippen LogP contribution >= 0.6 is 11.6 Å². The summed E-state index contributed by atoms with van der Waals surface area (Å²) in [4.78, 5) is 4.19. The topological polar surface area (TPSA) is 82.3 Å². The number of ether oxygens (including phenoxy) is 1. The van der Waals surface area contributed by atoms with Gasteiger partial charge in [-0.25, -0.2) is 17.8 Å². The molecule has 2 N–H and O–H groups in total. The molecule has 0 bridgehead atoms. The molecule has 0 aliphatic carbocycles. The summed E-state index contributed by atoms with van der Waals surface area (Å²) in [7, 11) is -2.92. The van der Waals surface area contributed by atoms with E-state index in [-0.39, 0.29) is 23.3 Å². The summed E-state index contributed by atoms with van der Waals surface area (Å²) in [5.74, 6) is 0.125. The summed E-state index contributed by atoms with van der Waals surface area (Å²) >= 11 is 6.10. The van der Waals surface area contributed by atoms with Gasteiger partial charge < -0.3 is 10.5 Å². The molecule has 1 aromatic heterocycles. The second kappa shape index (κ2) is 6.57. The van der Waals surface area contributed by atoms with E-state index in [0.717, 1.165) is 0 Å². The van der Waals surface area contributed by atoms with E-state index >= 15 is 0 Å². The first-order valence-electron chi connectivity index (χ1n) is 7.42. The van der Waals surface area contributed by atoms with E-state index in [2.05, 4.69) is 4.98 Å². The molecule has 1 fully saturated rings. The van der Waals surface area contributed by atoms with Crippen LogP contribution in [0.2, 0.25) is 5.02 Å². The van der Waals surface area contributed by atoms with Crippen molar-refractivity contribution in [3.05, 3.63) is 41.3 Å². The van der Waals surface area contributed by atoms with Gasteiger partial charge in [0, 0.05) is 23.4 Å². The number of sulfone groups is 1. The molecule has 3 rings (SSSR count). The Bertz CT molecular complexity index is 842. The lowest BCUT2D eigenvalue weighted by Crippen LogP contribution is -2.30. The molecule has 8 heteroatoms. The van der Waals surface area contributed by atoms with Crippen LogP contribution in [-0.2, 0) is 9.84 Å². The van der Waals surface area contributed by atoms with E-state index in [0.29, 0.717) is 34.9 Å². The third-order valence-corrected chi connectivity index (χ3v) is 5.95. The maximum atomic E-state index is 13.6. The molecule has 0 unspecified atom stereocenters. The van der Waals surface area contributed by atoms with Crippen LogP contribution in [0.5, 0.6) is 5.88 Å². The Morgan fingerprint density at radius 3 is 2.58 bits per heavy atom. The average molecular weight is 371 g/mol.